The number of aryl methyl sites for hydroxylation is 1. The molecule has 0 saturated carbocycles. The third-order valence-corrected chi connectivity index (χ3v) is 7.65. The number of sulfonamides is 1. The molecule has 1 aliphatic rings. The average molecular weight is 442 g/mol. The Morgan fingerprint density at radius 2 is 1.68 bits per heavy atom. The molecule has 164 valence electrons. The Balaban J connectivity index is 1.51. The molecule has 3 aromatic rings. The minimum Gasteiger partial charge on any atom is -0.383 e. The average Bonchev–Trinajstić information content (AvgIpc) is 3.16. The molecule has 0 radical (unpaired) electrons. The van der Waals surface area contributed by atoms with Crippen molar-refractivity contribution in [1.82, 2.24) is 13.8 Å². The maximum atomic E-state index is 13.3. The predicted molar refractivity (Wildman–Crippen MR) is 120 cm³/mol. The van der Waals surface area contributed by atoms with Crippen LogP contribution < -0.4 is 0 Å². The molecule has 1 saturated heterocycles. The van der Waals surface area contributed by atoms with Crippen molar-refractivity contribution < 1.29 is 17.9 Å². The number of ether oxygens (including phenoxy) is 1. The van der Waals surface area contributed by atoms with Crippen LogP contribution in [0, 0.1) is 6.92 Å². The zero-order valence-corrected chi connectivity index (χ0v) is 18.6. The van der Waals surface area contributed by atoms with Gasteiger partial charge in [-0.2, -0.15) is 4.31 Å². The lowest BCUT2D eigenvalue weighted by Gasteiger charge is -2.34. The van der Waals surface area contributed by atoms with Gasteiger partial charge in [0.2, 0.25) is 10.0 Å². The van der Waals surface area contributed by atoms with Gasteiger partial charge in [-0.05, 0) is 31.2 Å². The number of carbonyl (C=O) groups is 1. The molecule has 4 rings (SSSR count). The van der Waals surface area contributed by atoms with Crippen LogP contribution in [-0.2, 0) is 21.3 Å². The van der Waals surface area contributed by atoms with Crippen molar-refractivity contribution in [3.8, 4) is 0 Å². The van der Waals surface area contributed by atoms with Crippen LogP contribution in [0.3, 0.4) is 0 Å². The van der Waals surface area contributed by atoms with E-state index in [0.29, 0.717) is 31.9 Å². The smallest absolute Gasteiger partial charge is 0.270 e. The van der Waals surface area contributed by atoms with E-state index in [1.54, 1.807) is 36.3 Å². The van der Waals surface area contributed by atoms with E-state index >= 15 is 0 Å². The molecule has 2 heterocycles. The number of fused-ring (bicyclic) bond motifs is 1. The summed E-state index contributed by atoms with van der Waals surface area (Å²) in [6, 6.07) is 16.7. The molecule has 0 atom stereocenters. The van der Waals surface area contributed by atoms with Gasteiger partial charge in [0.25, 0.3) is 5.91 Å². The second-order valence-corrected chi connectivity index (χ2v) is 9.68. The summed E-state index contributed by atoms with van der Waals surface area (Å²) < 4.78 is 34.5. The van der Waals surface area contributed by atoms with Gasteiger partial charge in [0.05, 0.1) is 11.5 Å². The number of nitrogens with zero attached hydrogens (tertiary/aromatic N) is 3. The van der Waals surface area contributed by atoms with Crippen molar-refractivity contribution in [3.63, 3.8) is 0 Å². The first-order chi connectivity index (χ1) is 14.9. The number of benzene rings is 2. The maximum Gasteiger partial charge on any atom is 0.270 e. The van der Waals surface area contributed by atoms with Crippen LogP contribution in [0.4, 0.5) is 0 Å². The topological polar surface area (TPSA) is 71.8 Å². The maximum absolute atomic E-state index is 13.3. The summed E-state index contributed by atoms with van der Waals surface area (Å²) in [5, 5.41) is 1.00. The van der Waals surface area contributed by atoms with Crippen molar-refractivity contribution in [1.29, 1.82) is 0 Å². The molecule has 8 heteroatoms. The van der Waals surface area contributed by atoms with E-state index < -0.39 is 10.0 Å². The summed E-state index contributed by atoms with van der Waals surface area (Å²) in [5.41, 5.74) is 2.61. The lowest BCUT2D eigenvalue weighted by molar-refractivity contribution is 0.0685. The molecule has 1 aromatic heterocycles. The van der Waals surface area contributed by atoms with E-state index in [1.165, 1.54) is 4.31 Å². The number of rotatable bonds is 6. The number of methoxy groups -OCH3 is 1. The van der Waals surface area contributed by atoms with Crippen LogP contribution in [0.1, 0.15) is 16.1 Å². The Morgan fingerprint density at radius 1 is 1.00 bits per heavy atom. The van der Waals surface area contributed by atoms with Gasteiger partial charge in [0, 0.05) is 50.7 Å². The fraction of sp³-hybridized carbons (Fsp3) is 0.348. The molecule has 1 amide bonds. The number of para-hydroxylation sites is 1. The molecule has 0 N–H and O–H groups in total. The lowest BCUT2D eigenvalue weighted by atomic mass is 10.2. The highest BCUT2D eigenvalue weighted by molar-refractivity contribution is 7.89. The van der Waals surface area contributed by atoms with Gasteiger partial charge in [-0.25, -0.2) is 8.42 Å². The van der Waals surface area contributed by atoms with E-state index in [-0.39, 0.29) is 23.9 Å². The summed E-state index contributed by atoms with van der Waals surface area (Å²) in [6.07, 6.45) is 0. The number of carbonyl (C=O) groups excluding carboxylic acids is 1. The van der Waals surface area contributed by atoms with Gasteiger partial charge < -0.3 is 14.2 Å². The lowest BCUT2D eigenvalue weighted by Crippen LogP contribution is -2.50. The Hall–Kier alpha value is -2.68. The van der Waals surface area contributed by atoms with Gasteiger partial charge in [-0.3, -0.25) is 4.79 Å². The van der Waals surface area contributed by atoms with Crippen molar-refractivity contribution in [2.24, 2.45) is 0 Å². The minimum absolute atomic E-state index is 0.0836. The van der Waals surface area contributed by atoms with Gasteiger partial charge >= 0.3 is 0 Å². The highest BCUT2D eigenvalue weighted by Gasteiger charge is 2.31. The fourth-order valence-electron chi connectivity index (χ4n) is 3.96. The normalized spacial score (nSPS) is 15.5. The molecular formula is C23H27N3O4S. The molecule has 0 bridgehead atoms. The molecule has 7 nitrogen and oxygen atoms in total. The number of hydrogen-bond donors (Lipinski definition) is 0. The van der Waals surface area contributed by atoms with Crippen molar-refractivity contribution in [2.75, 3.05) is 39.9 Å². The monoisotopic (exact) mass is 441 g/mol. The van der Waals surface area contributed by atoms with Crippen molar-refractivity contribution in [2.45, 2.75) is 18.4 Å². The molecule has 1 aliphatic heterocycles. The van der Waals surface area contributed by atoms with Crippen LogP contribution in [-0.4, -0.2) is 68.0 Å². The summed E-state index contributed by atoms with van der Waals surface area (Å²) in [4.78, 5) is 15.3. The molecule has 0 spiro atoms. The number of aromatic nitrogens is 1. The zero-order valence-electron chi connectivity index (χ0n) is 17.8. The highest BCUT2D eigenvalue weighted by atomic mass is 32.2. The van der Waals surface area contributed by atoms with E-state index in [1.807, 2.05) is 41.8 Å². The highest BCUT2D eigenvalue weighted by Crippen LogP contribution is 2.23. The number of hydrogen-bond acceptors (Lipinski definition) is 4. The second kappa shape index (κ2) is 8.82. The third kappa shape index (κ3) is 4.23. The number of amides is 1. The summed E-state index contributed by atoms with van der Waals surface area (Å²) >= 11 is 0. The van der Waals surface area contributed by atoms with Crippen LogP contribution in [0.2, 0.25) is 0 Å². The fourth-order valence-corrected chi connectivity index (χ4v) is 5.39. The van der Waals surface area contributed by atoms with Crippen molar-refractivity contribution in [3.05, 3.63) is 65.9 Å². The quantitative estimate of drug-likeness (QED) is 0.590. The van der Waals surface area contributed by atoms with E-state index in [2.05, 4.69) is 0 Å². The van der Waals surface area contributed by atoms with E-state index in [0.717, 1.165) is 16.5 Å². The van der Waals surface area contributed by atoms with Crippen LogP contribution in [0.15, 0.2) is 59.5 Å². The Labute approximate surface area is 182 Å². The minimum atomic E-state index is -3.56. The van der Waals surface area contributed by atoms with Crippen LogP contribution in [0.5, 0.6) is 0 Å². The van der Waals surface area contributed by atoms with Crippen LogP contribution in [0.25, 0.3) is 10.9 Å². The first-order valence-corrected chi connectivity index (χ1v) is 11.8. The predicted octanol–water partition coefficient (Wildman–Crippen LogP) is 2.74. The summed E-state index contributed by atoms with van der Waals surface area (Å²) in [7, 11) is -1.92. The van der Waals surface area contributed by atoms with Gasteiger partial charge in [-0.15, -0.1) is 0 Å². The Kier molecular flexibility index (Phi) is 6.13. The van der Waals surface area contributed by atoms with Gasteiger partial charge in [0.1, 0.15) is 5.69 Å². The zero-order chi connectivity index (χ0) is 22.0. The van der Waals surface area contributed by atoms with Crippen molar-refractivity contribution >= 4 is 26.8 Å². The first kappa shape index (κ1) is 21.5. The Morgan fingerprint density at radius 3 is 2.35 bits per heavy atom. The van der Waals surface area contributed by atoms with Gasteiger partial charge in [-0.1, -0.05) is 35.9 Å². The summed E-state index contributed by atoms with van der Waals surface area (Å²) in [5.74, 6) is -0.0836. The standard InChI is InChI=1S/C23H27N3O4S/c1-18-7-9-20(10-8-18)31(28,29)25-13-11-24(12-14-25)23(27)22-17-19-5-3-4-6-21(19)26(22)15-16-30-2/h3-10,17H,11-16H2,1-2H3. The number of piperazine rings is 1. The molecule has 0 aliphatic carbocycles. The summed E-state index contributed by atoms with van der Waals surface area (Å²) in [6.45, 7) is 4.27. The molecule has 31 heavy (non-hydrogen) atoms. The SMILES string of the molecule is COCCn1c(C(=O)N2CCN(S(=O)(=O)c3ccc(C)cc3)CC2)cc2ccccc21. The largest absolute Gasteiger partial charge is 0.383 e. The van der Waals surface area contributed by atoms with E-state index in [4.69, 9.17) is 4.74 Å². The van der Waals surface area contributed by atoms with Crippen LogP contribution >= 0.6 is 0 Å². The second-order valence-electron chi connectivity index (χ2n) is 7.74. The molecular weight excluding hydrogens is 414 g/mol. The Bertz CT molecular complexity index is 1180. The molecule has 0 unspecified atom stereocenters. The first-order valence-electron chi connectivity index (χ1n) is 10.3. The van der Waals surface area contributed by atoms with E-state index in [9.17, 15) is 13.2 Å². The molecule has 1 fully saturated rings. The third-order valence-electron chi connectivity index (χ3n) is 5.73. The van der Waals surface area contributed by atoms with Gasteiger partial charge in [0.15, 0.2) is 0 Å². The molecule has 2 aromatic carbocycles.